The number of alkyl halides is 7. The Hall–Kier alpha value is -3.04. The molecule has 0 amide bonds. The Kier molecular flexibility index (Phi) is 9.15. The molecule has 16 heteroatoms. The monoisotopic (exact) mass is 604 g/mol. The lowest BCUT2D eigenvalue weighted by Gasteiger charge is -2.18. The van der Waals surface area contributed by atoms with E-state index in [4.69, 9.17) is 28.6 Å². The fourth-order valence-corrected chi connectivity index (χ4v) is 4.58. The summed E-state index contributed by atoms with van der Waals surface area (Å²) in [5, 5.41) is 6.14. The highest BCUT2D eigenvalue weighted by Crippen LogP contribution is 2.37. The SMILES string of the molecule is COC(=O)c1sc2cc(NC(=S)Nc3cc(OCC(F)(F)F)cc(OCC(F)(F)C(F)F)c3)ccc2c1Cl. The highest BCUT2D eigenvalue weighted by atomic mass is 35.5. The first-order valence-corrected chi connectivity index (χ1v) is 11.8. The van der Waals surface area contributed by atoms with Crippen LogP contribution in [0.1, 0.15) is 9.67 Å². The summed E-state index contributed by atoms with van der Waals surface area (Å²) in [7, 11) is 1.21. The minimum atomic E-state index is -4.71. The topological polar surface area (TPSA) is 68.8 Å². The number of anilines is 2. The Morgan fingerprint density at radius 2 is 1.61 bits per heavy atom. The van der Waals surface area contributed by atoms with Crippen LogP contribution < -0.4 is 20.1 Å². The van der Waals surface area contributed by atoms with Gasteiger partial charge in [-0.1, -0.05) is 11.6 Å². The van der Waals surface area contributed by atoms with E-state index in [1.165, 1.54) is 7.11 Å². The fraction of sp³-hybridized carbons (Fsp3) is 0.273. The molecule has 0 saturated carbocycles. The maximum Gasteiger partial charge on any atom is 0.422 e. The van der Waals surface area contributed by atoms with E-state index in [0.717, 1.165) is 29.5 Å². The van der Waals surface area contributed by atoms with Crippen molar-refractivity contribution >= 4 is 67.7 Å². The van der Waals surface area contributed by atoms with E-state index >= 15 is 0 Å². The van der Waals surface area contributed by atoms with Crippen molar-refractivity contribution in [3.05, 3.63) is 46.3 Å². The summed E-state index contributed by atoms with van der Waals surface area (Å²) in [4.78, 5) is 12.1. The molecule has 3 aromatic rings. The number of benzene rings is 2. The van der Waals surface area contributed by atoms with Crippen LogP contribution in [0.2, 0.25) is 5.02 Å². The van der Waals surface area contributed by atoms with Crippen molar-refractivity contribution in [1.82, 2.24) is 0 Å². The van der Waals surface area contributed by atoms with Crippen molar-refractivity contribution in [3.63, 3.8) is 0 Å². The summed E-state index contributed by atoms with van der Waals surface area (Å²) in [6.07, 6.45) is -8.72. The van der Waals surface area contributed by atoms with Crippen LogP contribution in [-0.4, -0.2) is 49.9 Å². The van der Waals surface area contributed by atoms with Gasteiger partial charge in [-0.25, -0.2) is 13.6 Å². The first-order chi connectivity index (χ1) is 17.7. The quantitative estimate of drug-likeness (QED) is 0.150. The van der Waals surface area contributed by atoms with Gasteiger partial charge in [0.2, 0.25) is 0 Å². The molecule has 3 rings (SSSR count). The molecule has 0 atom stereocenters. The number of ether oxygens (including phenoxy) is 3. The molecule has 0 aliphatic carbocycles. The molecule has 0 fully saturated rings. The highest BCUT2D eigenvalue weighted by Gasteiger charge is 2.41. The lowest BCUT2D eigenvalue weighted by molar-refractivity contribution is -0.153. The maximum absolute atomic E-state index is 13.3. The molecule has 38 heavy (non-hydrogen) atoms. The normalized spacial score (nSPS) is 11.9. The molecule has 1 heterocycles. The van der Waals surface area contributed by atoms with E-state index in [-0.39, 0.29) is 20.7 Å². The van der Waals surface area contributed by atoms with Crippen LogP contribution in [0.3, 0.4) is 0 Å². The van der Waals surface area contributed by atoms with Crippen LogP contribution in [-0.2, 0) is 4.74 Å². The molecule has 2 N–H and O–H groups in total. The average Bonchev–Trinajstić information content (AvgIpc) is 3.16. The number of fused-ring (bicyclic) bond motifs is 1. The highest BCUT2D eigenvalue weighted by molar-refractivity contribution is 7.80. The van der Waals surface area contributed by atoms with Gasteiger partial charge in [0.05, 0.1) is 12.1 Å². The van der Waals surface area contributed by atoms with Gasteiger partial charge in [0.25, 0.3) is 0 Å². The second-order valence-corrected chi connectivity index (χ2v) is 9.31. The maximum atomic E-state index is 13.3. The van der Waals surface area contributed by atoms with Gasteiger partial charge < -0.3 is 24.8 Å². The number of hydrogen-bond donors (Lipinski definition) is 2. The lowest BCUT2D eigenvalue weighted by Crippen LogP contribution is -2.33. The minimum absolute atomic E-state index is 0.0502. The van der Waals surface area contributed by atoms with E-state index in [2.05, 4.69) is 20.1 Å². The molecule has 2 aromatic carbocycles. The fourth-order valence-electron chi connectivity index (χ4n) is 2.88. The second kappa shape index (κ2) is 11.8. The number of esters is 1. The van der Waals surface area contributed by atoms with Gasteiger partial charge in [0.15, 0.2) is 18.3 Å². The number of rotatable bonds is 9. The third-order valence-corrected chi connectivity index (χ3v) is 6.39. The Labute approximate surface area is 224 Å². The number of thiophene rings is 1. The molecule has 0 unspecified atom stereocenters. The standard InChI is InChI=1S/C22H16ClF7N2O4S2/c1-34-18(33)17-16(23)14-3-2-10(6-15(14)38-17)31-20(37)32-11-4-12(35-8-21(26,27)19(24)25)7-13(5-11)36-9-22(28,29)30/h2-7,19H,8-9H2,1H3,(H2,31,32,37). The molecule has 0 aliphatic heterocycles. The van der Waals surface area contributed by atoms with Crippen molar-refractivity contribution in [2.75, 3.05) is 31.0 Å². The average molecular weight is 605 g/mol. The second-order valence-electron chi connectivity index (χ2n) is 7.47. The number of hydrogen-bond acceptors (Lipinski definition) is 6. The number of carbonyl (C=O) groups is 1. The number of carbonyl (C=O) groups excluding carboxylic acids is 1. The van der Waals surface area contributed by atoms with Crippen molar-refractivity contribution in [2.45, 2.75) is 18.5 Å². The summed E-state index contributed by atoms with van der Waals surface area (Å²) >= 11 is 12.5. The van der Waals surface area contributed by atoms with E-state index in [1.807, 2.05) is 0 Å². The molecule has 1 aromatic heterocycles. The lowest BCUT2D eigenvalue weighted by atomic mass is 10.2. The van der Waals surface area contributed by atoms with Crippen molar-refractivity contribution in [3.8, 4) is 11.5 Å². The van der Waals surface area contributed by atoms with Gasteiger partial charge in [-0.2, -0.15) is 22.0 Å². The molecule has 0 bridgehead atoms. The zero-order valence-electron chi connectivity index (χ0n) is 18.9. The van der Waals surface area contributed by atoms with Crippen LogP contribution >= 0.6 is 35.2 Å². The zero-order chi connectivity index (χ0) is 28.3. The molecular formula is C22H16ClF7N2O4S2. The van der Waals surface area contributed by atoms with Gasteiger partial charge in [0.1, 0.15) is 16.4 Å². The van der Waals surface area contributed by atoms with Crippen LogP contribution in [0.4, 0.5) is 42.1 Å². The smallest absolute Gasteiger partial charge is 0.422 e. The van der Waals surface area contributed by atoms with Crippen LogP contribution in [0.15, 0.2) is 36.4 Å². The first kappa shape index (κ1) is 29.5. The van der Waals surface area contributed by atoms with Gasteiger partial charge in [-0.05, 0) is 30.4 Å². The van der Waals surface area contributed by atoms with E-state index in [1.54, 1.807) is 18.2 Å². The number of methoxy groups -OCH3 is 1. The van der Waals surface area contributed by atoms with Crippen LogP contribution in [0, 0.1) is 0 Å². The summed E-state index contributed by atoms with van der Waals surface area (Å²) in [5.41, 5.74) is 0.382. The van der Waals surface area contributed by atoms with E-state index in [0.29, 0.717) is 15.8 Å². The van der Waals surface area contributed by atoms with Crippen molar-refractivity contribution in [2.24, 2.45) is 0 Å². The minimum Gasteiger partial charge on any atom is -0.487 e. The Bertz CT molecular complexity index is 1340. The molecule has 0 aliphatic rings. The largest absolute Gasteiger partial charge is 0.487 e. The molecular weight excluding hydrogens is 589 g/mol. The van der Waals surface area contributed by atoms with Crippen LogP contribution in [0.25, 0.3) is 10.1 Å². The van der Waals surface area contributed by atoms with Gasteiger partial charge in [-0.3, -0.25) is 0 Å². The zero-order valence-corrected chi connectivity index (χ0v) is 21.3. The molecule has 0 saturated heterocycles. The van der Waals surface area contributed by atoms with E-state index in [9.17, 15) is 35.5 Å². The Balaban J connectivity index is 1.79. The van der Waals surface area contributed by atoms with Gasteiger partial charge in [0, 0.05) is 39.7 Å². The summed E-state index contributed by atoms with van der Waals surface area (Å²) < 4.78 is 104. The summed E-state index contributed by atoms with van der Waals surface area (Å²) in [5.74, 6) is -6.03. The molecule has 6 nitrogen and oxygen atoms in total. The number of thiocarbonyl (C=S) groups is 1. The van der Waals surface area contributed by atoms with Crippen LogP contribution in [0.5, 0.6) is 11.5 Å². The third-order valence-electron chi connectivity index (χ3n) is 4.55. The van der Waals surface area contributed by atoms with Crippen molar-refractivity contribution < 1.29 is 49.7 Å². The molecule has 206 valence electrons. The predicted octanol–water partition coefficient (Wildman–Crippen LogP) is 7.37. The molecule has 0 radical (unpaired) electrons. The number of halogens is 8. The third kappa shape index (κ3) is 7.74. The Morgan fingerprint density at radius 1 is 1.00 bits per heavy atom. The first-order valence-electron chi connectivity index (χ1n) is 10.2. The predicted molar refractivity (Wildman–Crippen MR) is 132 cm³/mol. The summed E-state index contributed by atoms with van der Waals surface area (Å²) in [6, 6.07) is 7.79. The van der Waals surface area contributed by atoms with Crippen molar-refractivity contribution in [1.29, 1.82) is 0 Å². The number of nitrogens with one attached hydrogen (secondary N) is 2. The van der Waals surface area contributed by atoms with Gasteiger partial charge in [-0.15, -0.1) is 11.3 Å². The summed E-state index contributed by atoms with van der Waals surface area (Å²) in [6.45, 7) is -3.44. The van der Waals surface area contributed by atoms with Gasteiger partial charge >= 0.3 is 24.5 Å². The molecule has 0 spiro atoms. The van der Waals surface area contributed by atoms with E-state index < -0.39 is 49.2 Å². The Morgan fingerprint density at radius 3 is 2.18 bits per heavy atom.